The summed E-state index contributed by atoms with van der Waals surface area (Å²) in [6.07, 6.45) is 0. The third-order valence-electron chi connectivity index (χ3n) is 4.16. The number of carbonyl (C=O) groups is 1. The first kappa shape index (κ1) is 19.9. The smallest absolute Gasteiger partial charge is 0.230 e. The normalized spacial score (nSPS) is 10.6. The lowest BCUT2D eigenvalue weighted by Crippen LogP contribution is -2.24. The van der Waals surface area contributed by atoms with Gasteiger partial charge < -0.3 is 14.6 Å². The molecule has 6 nitrogen and oxygen atoms in total. The molecule has 0 aliphatic rings. The number of benzene rings is 2. The Morgan fingerprint density at radius 1 is 1.11 bits per heavy atom. The summed E-state index contributed by atoms with van der Waals surface area (Å²) in [7, 11) is 0. The molecule has 0 unspecified atom stereocenters. The van der Waals surface area contributed by atoms with Gasteiger partial charge in [0, 0.05) is 13.1 Å². The van der Waals surface area contributed by atoms with Crippen molar-refractivity contribution in [3.63, 3.8) is 0 Å². The number of nitrogens with zero attached hydrogens (tertiary/aromatic N) is 3. The molecule has 0 bridgehead atoms. The van der Waals surface area contributed by atoms with Crippen LogP contribution in [-0.4, -0.2) is 26.4 Å². The minimum Gasteiger partial charge on any atom is -0.486 e. The SMILES string of the molecule is CCn1c(COc2ccc(C)cc2)nnc1SCC(=O)NCc1ccccc1. The molecule has 0 saturated carbocycles. The number of thioether (sulfide) groups is 1. The Kier molecular flexibility index (Phi) is 7.08. The molecule has 1 aromatic heterocycles. The summed E-state index contributed by atoms with van der Waals surface area (Å²) in [5.41, 5.74) is 2.27. The van der Waals surface area contributed by atoms with Gasteiger partial charge in [-0.25, -0.2) is 0 Å². The van der Waals surface area contributed by atoms with E-state index in [0.29, 0.717) is 25.4 Å². The second kappa shape index (κ2) is 9.94. The molecule has 146 valence electrons. The largest absolute Gasteiger partial charge is 0.486 e. The van der Waals surface area contributed by atoms with Crippen LogP contribution in [0.5, 0.6) is 5.75 Å². The molecule has 0 fully saturated rings. The van der Waals surface area contributed by atoms with Crippen molar-refractivity contribution in [3.8, 4) is 5.75 Å². The highest BCUT2D eigenvalue weighted by atomic mass is 32.2. The quantitative estimate of drug-likeness (QED) is 0.560. The predicted octanol–water partition coefficient (Wildman–Crippen LogP) is 3.59. The molecule has 3 aromatic rings. The third-order valence-corrected chi connectivity index (χ3v) is 5.13. The van der Waals surface area contributed by atoms with E-state index in [2.05, 4.69) is 15.5 Å². The first-order chi connectivity index (χ1) is 13.7. The Hall–Kier alpha value is -2.80. The van der Waals surface area contributed by atoms with Crippen molar-refractivity contribution in [2.45, 2.75) is 38.7 Å². The fraction of sp³-hybridized carbons (Fsp3) is 0.286. The maximum Gasteiger partial charge on any atom is 0.230 e. The van der Waals surface area contributed by atoms with Crippen LogP contribution in [0, 0.1) is 6.92 Å². The van der Waals surface area contributed by atoms with E-state index in [1.54, 1.807) is 0 Å². The molecule has 0 aliphatic heterocycles. The topological polar surface area (TPSA) is 69.0 Å². The number of hydrogen-bond acceptors (Lipinski definition) is 5. The van der Waals surface area contributed by atoms with Gasteiger partial charge in [0.2, 0.25) is 5.91 Å². The van der Waals surface area contributed by atoms with E-state index in [1.807, 2.05) is 73.0 Å². The highest BCUT2D eigenvalue weighted by molar-refractivity contribution is 7.99. The maximum atomic E-state index is 12.1. The summed E-state index contributed by atoms with van der Waals surface area (Å²) in [6.45, 7) is 5.64. The van der Waals surface area contributed by atoms with Gasteiger partial charge in [-0.2, -0.15) is 0 Å². The van der Waals surface area contributed by atoms with Gasteiger partial charge in [-0.05, 0) is 31.5 Å². The first-order valence-electron chi connectivity index (χ1n) is 9.20. The molecule has 0 saturated heterocycles. The fourth-order valence-corrected chi connectivity index (χ4v) is 3.46. The number of ether oxygens (including phenoxy) is 1. The van der Waals surface area contributed by atoms with E-state index < -0.39 is 0 Å². The van der Waals surface area contributed by atoms with Crippen molar-refractivity contribution < 1.29 is 9.53 Å². The number of aromatic nitrogens is 3. The summed E-state index contributed by atoms with van der Waals surface area (Å²) in [6, 6.07) is 17.7. The van der Waals surface area contributed by atoms with Gasteiger partial charge in [-0.1, -0.05) is 59.8 Å². The number of nitrogens with one attached hydrogen (secondary N) is 1. The van der Waals surface area contributed by atoms with Crippen LogP contribution in [0.2, 0.25) is 0 Å². The van der Waals surface area contributed by atoms with Gasteiger partial charge >= 0.3 is 0 Å². The molecule has 0 spiro atoms. The van der Waals surface area contributed by atoms with Crippen molar-refractivity contribution in [1.29, 1.82) is 0 Å². The number of hydrogen-bond donors (Lipinski definition) is 1. The molecule has 0 radical (unpaired) electrons. The summed E-state index contributed by atoms with van der Waals surface area (Å²) in [5.74, 6) is 1.81. The van der Waals surface area contributed by atoms with E-state index in [-0.39, 0.29) is 5.91 Å². The molecule has 28 heavy (non-hydrogen) atoms. The molecule has 0 atom stereocenters. The number of rotatable bonds is 9. The van der Waals surface area contributed by atoms with Crippen molar-refractivity contribution >= 4 is 17.7 Å². The summed E-state index contributed by atoms with van der Waals surface area (Å²) >= 11 is 1.38. The molecule has 3 rings (SSSR count). The monoisotopic (exact) mass is 396 g/mol. The maximum absolute atomic E-state index is 12.1. The molecular formula is C21H24N4O2S. The van der Waals surface area contributed by atoms with Crippen LogP contribution in [0.25, 0.3) is 0 Å². The summed E-state index contributed by atoms with van der Waals surface area (Å²) < 4.78 is 7.78. The van der Waals surface area contributed by atoms with Crippen LogP contribution in [0.3, 0.4) is 0 Å². The Balaban J connectivity index is 1.51. The van der Waals surface area contributed by atoms with Crippen LogP contribution in [0.1, 0.15) is 23.9 Å². The number of amides is 1. The minimum atomic E-state index is -0.0306. The van der Waals surface area contributed by atoms with Crippen LogP contribution in [-0.2, 0) is 24.5 Å². The predicted molar refractivity (Wildman–Crippen MR) is 110 cm³/mol. The fourth-order valence-electron chi connectivity index (χ4n) is 2.61. The molecule has 2 aromatic carbocycles. The average Bonchev–Trinajstić information content (AvgIpc) is 3.13. The van der Waals surface area contributed by atoms with Gasteiger partial charge in [-0.3, -0.25) is 4.79 Å². The van der Waals surface area contributed by atoms with Gasteiger partial charge in [0.25, 0.3) is 0 Å². The lowest BCUT2D eigenvalue weighted by Gasteiger charge is -2.09. The van der Waals surface area contributed by atoms with Gasteiger partial charge in [-0.15, -0.1) is 10.2 Å². The Labute approximate surface area is 169 Å². The second-order valence-electron chi connectivity index (χ2n) is 6.30. The second-order valence-corrected chi connectivity index (χ2v) is 7.24. The van der Waals surface area contributed by atoms with E-state index >= 15 is 0 Å². The van der Waals surface area contributed by atoms with Gasteiger partial charge in [0.05, 0.1) is 5.75 Å². The summed E-state index contributed by atoms with van der Waals surface area (Å²) in [4.78, 5) is 12.1. The molecular weight excluding hydrogens is 372 g/mol. The van der Waals surface area contributed by atoms with Gasteiger partial charge in [0.1, 0.15) is 12.4 Å². The van der Waals surface area contributed by atoms with E-state index in [9.17, 15) is 4.79 Å². The van der Waals surface area contributed by atoms with Crippen LogP contribution < -0.4 is 10.1 Å². The number of aryl methyl sites for hydroxylation is 1. The average molecular weight is 397 g/mol. The van der Waals surface area contributed by atoms with Crippen molar-refractivity contribution in [2.75, 3.05) is 5.75 Å². The lowest BCUT2D eigenvalue weighted by atomic mass is 10.2. The summed E-state index contributed by atoms with van der Waals surface area (Å²) in [5, 5.41) is 12.1. The van der Waals surface area contributed by atoms with Crippen LogP contribution in [0.4, 0.5) is 0 Å². The Morgan fingerprint density at radius 3 is 2.57 bits per heavy atom. The highest BCUT2D eigenvalue weighted by Crippen LogP contribution is 2.19. The Bertz CT molecular complexity index is 895. The van der Waals surface area contributed by atoms with Crippen LogP contribution >= 0.6 is 11.8 Å². The third kappa shape index (κ3) is 5.60. The standard InChI is InChI=1S/C21H24N4O2S/c1-3-25-19(14-27-18-11-9-16(2)10-12-18)23-24-21(25)28-15-20(26)22-13-17-7-5-4-6-8-17/h4-12H,3,13-15H2,1-2H3,(H,22,26). The molecule has 0 aliphatic carbocycles. The van der Waals surface area contributed by atoms with E-state index in [1.165, 1.54) is 17.3 Å². The molecule has 1 amide bonds. The first-order valence-corrected chi connectivity index (χ1v) is 10.2. The zero-order valence-corrected chi connectivity index (χ0v) is 16.9. The lowest BCUT2D eigenvalue weighted by molar-refractivity contribution is -0.118. The van der Waals surface area contributed by atoms with Crippen LogP contribution in [0.15, 0.2) is 59.8 Å². The highest BCUT2D eigenvalue weighted by Gasteiger charge is 2.13. The van der Waals surface area contributed by atoms with Crippen molar-refractivity contribution in [1.82, 2.24) is 20.1 Å². The molecule has 1 N–H and O–H groups in total. The molecule has 7 heteroatoms. The van der Waals surface area contributed by atoms with Crippen molar-refractivity contribution in [2.24, 2.45) is 0 Å². The Morgan fingerprint density at radius 2 is 1.86 bits per heavy atom. The van der Waals surface area contributed by atoms with E-state index in [0.717, 1.165) is 22.3 Å². The molecule has 1 heterocycles. The zero-order valence-electron chi connectivity index (χ0n) is 16.1. The van der Waals surface area contributed by atoms with Crippen molar-refractivity contribution in [3.05, 3.63) is 71.5 Å². The van der Waals surface area contributed by atoms with E-state index in [4.69, 9.17) is 4.74 Å². The number of carbonyl (C=O) groups excluding carboxylic acids is 1. The van der Waals surface area contributed by atoms with Gasteiger partial charge in [0.15, 0.2) is 11.0 Å². The minimum absolute atomic E-state index is 0.0306. The zero-order chi connectivity index (χ0) is 19.8.